The van der Waals surface area contributed by atoms with Crippen LogP contribution in [0, 0.1) is 6.92 Å². The number of nitrogens with one attached hydrogen (secondary N) is 1. The number of fused-ring (bicyclic) bond motifs is 3. The van der Waals surface area contributed by atoms with Gasteiger partial charge in [0.05, 0.1) is 17.3 Å². The Morgan fingerprint density at radius 3 is 2.84 bits per heavy atom. The molecule has 0 bridgehead atoms. The van der Waals surface area contributed by atoms with Crippen LogP contribution in [-0.4, -0.2) is 40.1 Å². The second-order valence-corrected chi connectivity index (χ2v) is 7.23. The van der Waals surface area contributed by atoms with Gasteiger partial charge in [-0.15, -0.1) is 0 Å². The van der Waals surface area contributed by atoms with Crippen LogP contribution < -0.4 is 5.32 Å². The van der Waals surface area contributed by atoms with E-state index in [1.165, 1.54) is 5.56 Å². The highest BCUT2D eigenvalue weighted by Gasteiger charge is 2.16. The van der Waals surface area contributed by atoms with E-state index in [0.29, 0.717) is 6.04 Å². The Labute approximate surface area is 150 Å². The van der Waals surface area contributed by atoms with Gasteiger partial charge < -0.3 is 10.2 Å². The highest BCUT2D eigenvalue weighted by atomic mass is 32.1. The smallest absolute Gasteiger partial charge is 0.158 e. The van der Waals surface area contributed by atoms with Crippen molar-refractivity contribution in [2.45, 2.75) is 13.0 Å². The number of benzene rings is 1. The standard InChI is InChI=1S/C19H21N5S/c1-13-10-18-21-19(15-6-4-5-7-16(15)24(18)22-13)20-11-17(23(2)3)14-8-9-25-12-14/h4-10,12,17H,11H2,1-3H3,(H,20,21). The van der Waals surface area contributed by atoms with Crippen molar-refractivity contribution in [1.29, 1.82) is 0 Å². The number of anilines is 1. The molecule has 0 aliphatic rings. The lowest BCUT2D eigenvalue weighted by atomic mass is 10.1. The summed E-state index contributed by atoms with van der Waals surface area (Å²) in [5, 5.41) is 13.6. The van der Waals surface area contributed by atoms with Crippen molar-refractivity contribution in [1.82, 2.24) is 19.5 Å². The first-order valence-electron chi connectivity index (χ1n) is 8.31. The lowest BCUT2D eigenvalue weighted by Gasteiger charge is -2.24. The van der Waals surface area contributed by atoms with Crippen molar-refractivity contribution in [2.75, 3.05) is 26.0 Å². The maximum absolute atomic E-state index is 4.81. The van der Waals surface area contributed by atoms with Gasteiger partial charge in [0.15, 0.2) is 5.65 Å². The van der Waals surface area contributed by atoms with Crippen LogP contribution in [0.4, 0.5) is 5.82 Å². The van der Waals surface area contributed by atoms with Crippen LogP contribution in [-0.2, 0) is 0 Å². The predicted molar refractivity (Wildman–Crippen MR) is 104 cm³/mol. The minimum Gasteiger partial charge on any atom is -0.368 e. The van der Waals surface area contributed by atoms with E-state index in [-0.39, 0.29) is 0 Å². The van der Waals surface area contributed by atoms with Crippen molar-refractivity contribution < 1.29 is 0 Å². The molecule has 3 heterocycles. The van der Waals surface area contributed by atoms with Crippen molar-refractivity contribution in [3.63, 3.8) is 0 Å². The second kappa shape index (κ2) is 6.46. The van der Waals surface area contributed by atoms with Gasteiger partial charge in [0.2, 0.25) is 0 Å². The number of aryl methyl sites for hydroxylation is 1. The first-order chi connectivity index (χ1) is 12.1. The maximum atomic E-state index is 4.81. The third-order valence-corrected chi connectivity index (χ3v) is 5.14. The van der Waals surface area contributed by atoms with Gasteiger partial charge in [-0.25, -0.2) is 9.50 Å². The zero-order valence-corrected chi connectivity index (χ0v) is 15.4. The van der Waals surface area contributed by atoms with E-state index in [2.05, 4.69) is 58.4 Å². The van der Waals surface area contributed by atoms with Crippen LogP contribution in [0.15, 0.2) is 47.2 Å². The molecule has 3 aromatic heterocycles. The Balaban J connectivity index is 1.73. The average molecular weight is 351 g/mol. The molecule has 0 aliphatic carbocycles. The highest BCUT2D eigenvalue weighted by molar-refractivity contribution is 7.07. The van der Waals surface area contributed by atoms with Crippen LogP contribution in [0.3, 0.4) is 0 Å². The summed E-state index contributed by atoms with van der Waals surface area (Å²) < 4.78 is 1.91. The van der Waals surface area contributed by atoms with E-state index in [9.17, 15) is 0 Å². The number of nitrogens with zero attached hydrogens (tertiary/aromatic N) is 4. The van der Waals surface area contributed by atoms with Gasteiger partial charge >= 0.3 is 0 Å². The third kappa shape index (κ3) is 2.99. The first-order valence-corrected chi connectivity index (χ1v) is 9.25. The Kier molecular flexibility index (Phi) is 4.15. The molecule has 0 saturated carbocycles. The van der Waals surface area contributed by atoms with Crippen LogP contribution in [0.2, 0.25) is 0 Å². The molecular formula is C19H21N5S. The fraction of sp³-hybridized carbons (Fsp3) is 0.263. The Morgan fingerprint density at radius 2 is 2.08 bits per heavy atom. The molecule has 0 spiro atoms. The number of hydrogen-bond acceptors (Lipinski definition) is 5. The topological polar surface area (TPSA) is 45.5 Å². The predicted octanol–water partition coefficient (Wildman–Crippen LogP) is 3.97. The largest absolute Gasteiger partial charge is 0.368 e. The summed E-state index contributed by atoms with van der Waals surface area (Å²) in [5.74, 6) is 0.907. The molecule has 1 atom stereocenters. The summed E-state index contributed by atoms with van der Waals surface area (Å²) in [5.41, 5.74) is 4.24. The fourth-order valence-corrected chi connectivity index (χ4v) is 3.87. The number of para-hydroxylation sites is 1. The lowest BCUT2D eigenvalue weighted by molar-refractivity contribution is 0.312. The maximum Gasteiger partial charge on any atom is 0.158 e. The number of hydrogen-bond donors (Lipinski definition) is 1. The van der Waals surface area contributed by atoms with Gasteiger partial charge in [0, 0.05) is 18.0 Å². The van der Waals surface area contributed by atoms with Crippen molar-refractivity contribution >= 4 is 33.7 Å². The molecule has 25 heavy (non-hydrogen) atoms. The van der Waals surface area contributed by atoms with Gasteiger partial charge in [-0.2, -0.15) is 16.4 Å². The number of thiophene rings is 1. The molecule has 1 N–H and O–H groups in total. The normalized spacial score (nSPS) is 13.0. The van der Waals surface area contributed by atoms with E-state index in [1.807, 2.05) is 29.6 Å². The minimum absolute atomic E-state index is 0.301. The summed E-state index contributed by atoms with van der Waals surface area (Å²) in [6, 6.07) is 12.8. The number of likely N-dealkylation sites (N-methyl/N-ethyl adjacent to an activating group) is 1. The van der Waals surface area contributed by atoms with Gasteiger partial charge in [-0.3, -0.25) is 0 Å². The molecule has 4 aromatic rings. The van der Waals surface area contributed by atoms with E-state index >= 15 is 0 Å². The van der Waals surface area contributed by atoms with Gasteiger partial charge in [-0.1, -0.05) is 12.1 Å². The van der Waals surface area contributed by atoms with Gasteiger partial charge in [0.25, 0.3) is 0 Å². The fourth-order valence-electron chi connectivity index (χ4n) is 3.17. The summed E-state index contributed by atoms with van der Waals surface area (Å²) in [6.45, 7) is 2.79. The van der Waals surface area contributed by atoms with Crippen molar-refractivity contribution in [2.24, 2.45) is 0 Å². The Bertz CT molecular complexity index is 1000. The van der Waals surface area contributed by atoms with Crippen LogP contribution >= 0.6 is 11.3 Å². The molecule has 0 amide bonds. The zero-order chi connectivity index (χ0) is 17.4. The number of rotatable bonds is 5. The van der Waals surface area contributed by atoms with E-state index in [4.69, 9.17) is 4.98 Å². The summed E-state index contributed by atoms with van der Waals surface area (Å²) in [6.07, 6.45) is 0. The summed E-state index contributed by atoms with van der Waals surface area (Å²) in [7, 11) is 4.22. The molecule has 6 heteroatoms. The molecule has 0 aliphatic heterocycles. The van der Waals surface area contributed by atoms with E-state index in [0.717, 1.165) is 34.6 Å². The molecule has 0 radical (unpaired) electrons. The summed E-state index contributed by atoms with van der Waals surface area (Å²) in [4.78, 5) is 7.05. The van der Waals surface area contributed by atoms with Crippen molar-refractivity contribution in [3.8, 4) is 0 Å². The number of aromatic nitrogens is 3. The van der Waals surface area contributed by atoms with Crippen LogP contribution in [0.5, 0.6) is 0 Å². The Hall–Kier alpha value is -2.44. The quantitative estimate of drug-likeness (QED) is 0.591. The molecule has 4 rings (SSSR count). The molecule has 128 valence electrons. The van der Waals surface area contributed by atoms with E-state index < -0.39 is 0 Å². The molecular weight excluding hydrogens is 330 g/mol. The molecule has 0 fully saturated rings. The monoisotopic (exact) mass is 351 g/mol. The Morgan fingerprint density at radius 1 is 1.24 bits per heavy atom. The highest BCUT2D eigenvalue weighted by Crippen LogP contribution is 2.26. The van der Waals surface area contributed by atoms with Crippen LogP contribution in [0.25, 0.3) is 16.6 Å². The average Bonchev–Trinajstić information content (AvgIpc) is 3.24. The van der Waals surface area contributed by atoms with Crippen molar-refractivity contribution in [3.05, 3.63) is 58.4 Å². The molecule has 0 saturated heterocycles. The molecule has 1 unspecified atom stereocenters. The summed E-state index contributed by atoms with van der Waals surface area (Å²) >= 11 is 1.73. The zero-order valence-electron chi connectivity index (χ0n) is 14.6. The third-order valence-electron chi connectivity index (χ3n) is 4.44. The van der Waals surface area contributed by atoms with Gasteiger partial charge in [0.1, 0.15) is 5.82 Å². The minimum atomic E-state index is 0.301. The molecule has 1 aromatic carbocycles. The van der Waals surface area contributed by atoms with Crippen LogP contribution in [0.1, 0.15) is 17.3 Å². The van der Waals surface area contributed by atoms with Gasteiger partial charge in [-0.05, 0) is 55.5 Å². The second-order valence-electron chi connectivity index (χ2n) is 6.45. The SMILES string of the molecule is Cc1cc2nc(NCC(c3ccsc3)N(C)C)c3ccccc3n2n1. The first kappa shape index (κ1) is 16.1. The van der Waals surface area contributed by atoms with E-state index in [1.54, 1.807) is 11.3 Å². The lowest BCUT2D eigenvalue weighted by Crippen LogP contribution is -2.26. The molecule has 5 nitrogen and oxygen atoms in total.